The van der Waals surface area contributed by atoms with Crippen LogP contribution in [0.4, 0.5) is 10.5 Å². The summed E-state index contributed by atoms with van der Waals surface area (Å²) in [7, 11) is 0. The molecule has 7 nitrogen and oxygen atoms in total. The normalized spacial score (nSPS) is 41.8. The highest BCUT2D eigenvalue weighted by molar-refractivity contribution is 5.84. The molecule has 0 spiro atoms. The average Bonchev–Trinajstić information content (AvgIpc) is 3.16. The molecule has 7 heteroatoms. The van der Waals surface area contributed by atoms with Crippen LogP contribution in [-0.4, -0.2) is 46.2 Å². The number of cyclic esters (lactones) is 1. The second-order valence-corrected chi connectivity index (χ2v) is 13.1. The summed E-state index contributed by atoms with van der Waals surface area (Å²) in [5.41, 5.74) is 0.662. The number of aliphatic hydroxyl groups excluding tert-OH is 1. The van der Waals surface area contributed by atoms with Crippen LogP contribution in [0.5, 0.6) is 0 Å². The zero-order chi connectivity index (χ0) is 28.3. The van der Waals surface area contributed by atoms with Crippen molar-refractivity contribution >= 4 is 17.7 Å². The molecule has 39 heavy (non-hydrogen) atoms. The summed E-state index contributed by atoms with van der Waals surface area (Å²) >= 11 is 0. The maximum Gasteiger partial charge on any atom is 0.411 e. The maximum absolute atomic E-state index is 12.9. The van der Waals surface area contributed by atoms with E-state index in [1.165, 1.54) is 5.57 Å². The number of carbonyl (C=O) groups is 2. The van der Waals surface area contributed by atoms with E-state index in [-0.39, 0.29) is 41.1 Å². The van der Waals surface area contributed by atoms with Gasteiger partial charge < -0.3 is 19.7 Å². The van der Waals surface area contributed by atoms with E-state index in [1.807, 2.05) is 30.3 Å². The average molecular weight is 538 g/mol. The second kappa shape index (κ2) is 10.1. The predicted octanol–water partition coefficient (Wildman–Crippen LogP) is 5.49. The first-order valence-electron chi connectivity index (χ1n) is 14.4. The Morgan fingerprint density at radius 3 is 2.54 bits per heavy atom. The molecule has 0 bridgehead atoms. The van der Waals surface area contributed by atoms with E-state index in [2.05, 4.69) is 45.7 Å². The van der Waals surface area contributed by atoms with Crippen LogP contribution in [0.2, 0.25) is 0 Å². The van der Waals surface area contributed by atoms with Crippen LogP contribution in [0, 0.1) is 40.9 Å². The molecule has 1 aliphatic heterocycles. The highest BCUT2D eigenvalue weighted by Crippen LogP contribution is 2.63. The first-order valence-corrected chi connectivity index (χ1v) is 14.4. The smallest absolute Gasteiger partial charge is 0.411 e. The molecule has 1 aromatic carbocycles. The number of carbonyl (C=O) groups excluding carboxylic acids is 2. The third-order valence-corrected chi connectivity index (χ3v) is 10.5. The minimum Gasteiger partial charge on any atom is -0.460 e. The van der Waals surface area contributed by atoms with Crippen molar-refractivity contribution in [3.63, 3.8) is 0 Å². The Balaban J connectivity index is 1.45. The number of aliphatic hydroxyl groups is 2. The number of esters is 1. The lowest BCUT2D eigenvalue weighted by Gasteiger charge is -2.54. The lowest BCUT2D eigenvalue weighted by atomic mass is 9.53. The molecular formula is C32H43NO6. The number of anilines is 1. The number of benzene rings is 1. The summed E-state index contributed by atoms with van der Waals surface area (Å²) in [6.07, 6.45) is 2.16. The third kappa shape index (κ3) is 4.61. The Morgan fingerprint density at radius 2 is 1.87 bits per heavy atom. The molecule has 1 aromatic rings. The van der Waals surface area contributed by atoms with E-state index in [4.69, 9.17) is 9.47 Å². The number of rotatable bonds is 3. The second-order valence-electron chi connectivity index (χ2n) is 13.1. The predicted molar refractivity (Wildman–Crippen MR) is 149 cm³/mol. The monoisotopic (exact) mass is 537 g/mol. The topological polar surface area (TPSA) is 105 Å². The maximum atomic E-state index is 12.9. The van der Waals surface area contributed by atoms with Gasteiger partial charge in [0.15, 0.2) is 6.10 Å². The van der Waals surface area contributed by atoms with Gasteiger partial charge in [-0.05, 0) is 86.3 Å². The fourth-order valence-corrected chi connectivity index (χ4v) is 8.53. The number of hydrogen-bond donors (Lipinski definition) is 3. The zero-order valence-electron chi connectivity index (χ0n) is 23.7. The summed E-state index contributed by atoms with van der Waals surface area (Å²) in [5, 5.41) is 25.9. The van der Waals surface area contributed by atoms with Crippen LogP contribution in [-0.2, 0) is 14.3 Å². The fraction of sp³-hybridized carbons (Fsp3) is 0.625. The SMILES string of the molecule is C=C1C2CC3C(C(C)C)C(OC(=O)Nc4ccccc4)CC3(C)CC2C(C)=CCC2C(C)OC(=O)C(O)C12O. The van der Waals surface area contributed by atoms with Crippen LogP contribution in [0.1, 0.15) is 60.3 Å². The molecule has 0 radical (unpaired) electrons. The first kappa shape index (κ1) is 27.9. The number of ether oxygens (including phenoxy) is 2. The van der Waals surface area contributed by atoms with Crippen molar-refractivity contribution < 1.29 is 29.3 Å². The van der Waals surface area contributed by atoms with Gasteiger partial charge in [0.1, 0.15) is 17.8 Å². The van der Waals surface area contributed by atoms with Gasteiger partial charge in [-0.25, -0.2) is 9.59 Å². The molecule has 212 valence electrons. The van der Waals surface area contributed by atoms with E-state index >= 15 is 0 Å². The number of allylic oxidation sites excluding steroid dienone is 2. The van der Waals surface area contributed by atoms with Gasteiger partial charge in [0.2, 0.25) is 0 Å². The van der Waals surface area contributed by atoms with E-state index < -0.39 is 35.8 Å². The van der Waals surface area contributed by atoms with Gasteiger partial charge in [-0.2, -0.15) is 0 Å². The Labute approximate surface area is 231 Å². The summed E-state index contributed by atoms with van der Waals surface area (Å²) in [6.45, 7) is 15.0. The summed E-state index contributed by atoms with van der Waals surface area (Å²) < 4.78 is 11.5. The fourth-order valence-electron chi connectivity index (χ4n) is 8.53. The molecule has 1 amide bonds. The Kier molecular flexibility index (Phi) is 7.21. The van der Waals surface area contributed by atoms with E-state index in [0.717, 1.165) is 19.3 Å². The Hall–Kier alpha value is -2.64. The van der Waals surface area contributed by atoms with Crippen LogP contribution in [0.25, 0.3) is 0 Å². The molecule has 3 N–H and O–H groups in total. The van der Waals surface area contributed by atoms with Crippen molar-refractivity contribution in [2.45, 2.75) is 84.2 Å². The van der Waals surface area contributed by atoms with E-state index in [9.17, 15) is 19.8 Å². The largest absolute Gasteiger partial charge is 0.460 e. The molecule has 3 aliphatic carbocycles. The van der Waals surface area contributed by atoms with Crippen molar-refractivity contribution in [1.82, 2.24) is 0 Å². The molecule has 3 fully saturated rings. The zero-order valence-corrected chi connectivity index (χ0v) is 23.7. The van der Waals surface area contributed by atoms with Crippen molar-refractivity contribution in [2.75, 3.05) is 5.32 Å². The Morgan fingerprint density at radius 1 is 1.18 bits per heavy atom. The van der Waals surface area contributed by atoms with Crippen molar-refractivity contribution in [1.29, 1.82) is 0 Å². The van der Waals surface area contributed by atoms with Gasteiger partial charge in [-0.15, -0.1) is 0 Å². The number of fused-ring (bicyclic) bond motifs is 3. The van der Waals surface area contributed by atoms with Crippen molar-refractivity contribution in [2.24, 2.45) is 40.9 Å². The highest BCUT2D eigenvalue weighted by Gasteiger charge is 2.62. The van der Waals surface area contributed by atoms with E-state index in [0.29, 0.717) is 17.7 Å². The highest BCUT2D eigenvalue weighted by atomic mass is 16.6. The summed E-state index contributed by atoms with van der Waals surface area (Å²) in [4.78, 5) is 25.5. The molecule has 5 rings (SSSR count). The molecule has 10 unspecified atom stereocenters. The van der Waals surface area contributed by atoms with Crippen LogP contribution in [0.3, 0.4) is 0 Å². The van der Waals surface area contributed by atoms with Gasteiger partial charge in [0.25, 0.3) is 0 Å². The van der Waals surface area contributed by atoms with Gasteiger partial charge in [0, 0.05) is 17.5 Å². The van der Waals surface area contributed by atoms with Gasteiger partial charge in [0.05, 0.1) is 0 Å². The summed E-state index contributed by atoms with van der Waals surface area (Å²) in [6, 6.07) is 9.31. The van der Waals surface area contributed by atoms with Crippen LogP contribution >= 0.6 is 0 Å². The van der Waals surface area contributed by atoms with Crippen molar-refractivity contribution in [3.8, 4) is 0 Å². The molecule has 1 heterocycles. The van der Waals surface area contributed by atoms with Crippen molar-refractivity contribution in [3.05, 3.63) is 54.1 Å². The quantitative estimate of drug-likeness (QED) is 0.348. The molecule has 0 aromatic heterocycles. The lowest BCUT2D eigenvalue weighted by molar-refractivity contribution is -0.209. The molecule has 2 saturated carbocycles. The minimum absolute atomic E-state index is 0.0677. The molecular weight excluding hydrogens is 494 g/mol. The van der Waals surface area contributed by atoms with Gasteiger partial charge in [-0.3, -0.25) is 5.32 Å². The molecule has 1 saturated heterocycles. The van der Waals surface area contributed by atoms with E-state index in [1.54, 1.807) is 6.92 Å². The number of nitrogens with one attached hydrogen (secondary N) is 1. The molecule has 4 aliphatic rings. The molecule has 10 atom stereocenters. The number of amides is 1. The third-order valence-electron chi connectivity index (χ3n) is 10.5. The number of hydrogen-bond acceptors (Lipinski definition) is 6. The Bertz CT molecular complexity index is 1160. The minimum atomic E-state index is -1.75. The lowest BCUT2D eigenvalue weighted by Crippen LogP contribution is -2.63. The first-order chi connectivity index (χ1) is 18.4. The van der Waals surface area contributed by atoms with Crippen LogP contribution in [0.15, 0.2) is 54.1 Å². The van der Waals surface area contributed by atoms with Crippen LogP contribution < -0.4 is 5.32 Å². The van der Waals surface area contributed by atoms with Gasteiger partial charge in [-0.1, -0.05) is 57.2 Å². The summed E-state index contributed by atoms with van der Waals surface area (Å²) in [5.74, 6) is -0.627. The van der Waals surface area contributed by atoms with Gasteiger partial charge >= 0.3 is 12.1 Å². The standard InChI is InChI=1S/C32H43NO6/c1-17(2)27-25-14-22-19(4)32(37)24(20(5)38-29(35)28(32)34)13-12-18(3)23(22)15-31(25,6)16-26(27)39-30(36)33-21-10-8-7-9-11-21/h7-12,17,20,22-28,34,37H,4,13-16H2,1-3,5-6H3,(H,33,36). The number of para-hydroxylation sites is 1.